The Morgan fingerprint density at radius 1 is 1.25 bits per heavy atom. The summed E-state index contributed by atoms with van der Waals surface area (Å²) in [6, 6.07) is 6.61. The number of fused-ring (bicyclic) bond motifs is 2. The van der Waals surface area contributed by atoms with Gasteiger partial charge in [-0.3, -0.25) is 4.79 Å². The molecule has 1 fully saturated rings. The minimum atomic E-state index is -0.0503. The van der Waals surface area contributed by atoms with Crippen LogP contribution in [0.5, 0.6) is 0 Å². The fraction of sp³-hybridized carbons (Fsp3) is 0.579. The molecule has 1 atom stereocenters. The van der Waals surface area contributed by atoms with Gasteiger partial charge in [0.15, 0.2) is 0 Å². The van der Waals surface area contributed by atoms with Crippen molar-refractivity contribution in [3.8, 4) is 0 Å². The summed E-state index contributed by atoms with van der Waals surface area (Å²) >= 11 is 0. The SMILES string of the molecule is CC(=O)N1CCC2(CC1)C[C@H](NC(=O)N(C)C)c1cc(C)ccc12. The van der Waals surface area contributed by atoms with Gasteiger partial charge in [-0.1, -0.05) is 23.8 Å². The Morgan fingerprint density at radius 2 is 1.92 bits per heavy atom. The van der Waals surface area contributed by atoms with E-state index in [1.807, 2.05) is 4.90 Å². The van der Waals surface area contributed by atoms with Crippen molar-refractivity contribution in [2.75, 3.05) is 27.2 Å². The molecule has 0 bridgehead atoms. The molecular formula is C19H27N3O2. The Kier molecular flexibility index (Phi) is 4.28. The highest BCUT2D eigenvalue weighted by Gasteiger charge is 2.46. The molecular weight excluding hydrogens is 302 g/mol. The lowest BCUT2D eigenvalue weighted by atomic mass is 9.73. The number of benzene rings is 1. The van der Waals surface area contributed by atoms with E-state index in [1.54, 1.807) is 25.9 Å². The first-order chi connectivity index (χ1) is 11.3. The highest BCUT2D eigenvalue weighted by atomic mass is 16.2. The van der Waals surface area contributed by atoms with Crippen LogP contribution in [0.1, 0.15) is 48.9 Å². The molecule has 1 aliphatic heterocycles. The summed E-state index contributed by atoms with van der Waals surface area (Å²) in [4.78, 5) is 27.3. The normalized spacial score (nSPS) is 21.5. The fourth-order valence-electron chi connectivity index (χ4n) is 4.19. The molecule has 1 heterocycles. The highest BCUT2D eigenvalue weighted by Crippen LogP contribution is 2.51. The van der Waals surface area contributed by atoms with E-state index in [9.17, 15) is 9.59 Å². The third-order valence-electron chi connectivity index (χ3n) is 5.62. The van der Waals surface area contributed by atoms with Crippen molar-refractivity contribution >= 4 is 11.9 Å². The van der Waals surface area contributed by atoms with Crippen molar-refractivity contribution < 1.29 is 9.59 Å². The number of piperidine rings is 1. The summed E-state index contributed by atoms with van der Waals surface area (Å²) in [5.74, 6) is 0.157. The van der Waals surface area contributed by atoms with Crippen molar-refractivity contribution in [2.24, 2.45) is 0 Å². The Balaban J connectivity index is 1.89. The Hall–Kier alpha value is -2.04. The van der Waals surface area contributed by atoms with E-state index in [0.29, 0.717) is 0 Å². The van der Waals surface area contributed by atoms with Gasteiger partial charge in [0.05, 0.1) is 6.04 Å². The molecule has 2 aliphatic rings. The zero-order chi connectivity index (χ0) is 17.5. The standard InChI is InChI=1S/C19H27N3O2/c1-13-5-6-16-15(11-13)17(20-18(24)21(3)4)12-19(16)7-9-22(10-8-19)14(2)23/h5-6,11,17H,7-10,12H2,1-4H3,(H,20,24)/t17-/m0/s1. The predicted molar refractivity (Wildman–Crippen MR) is 93.9 cm³/mol. The molecule has 1 spiro atoms. The average Bonchev–Trinajstić information content (AvgIpc) is 2.80. The number of urea groups is 1. The van der Waals surface area contributed by atoms with Crippen LogP contribution in [0.25, 0.3) is 0 Å². The van der Waals surface area contributed by atoms with Gasteiger partial charge in [0.1, 0.15) is 0 Å². The zero-order valence-corrected chi connectivity index (χ0v) is 15.1. The first-order valence-electron chi connectivity index (χ1n) is 8.67. The third-order valence-corrected chi connectivity index (χ3v) is 5.62. The molecule has 0 aromatic heterocycles. The number of nitrogens with zero attached hydrogens (tertiary/aromatic N) is 2. The summed E-state index contributed by atoms with van der Waals surface area (Å²) in [6.07, 6.45) is 2.87. The number of amides is 3. The fourth-order valence-corrected chi connectivity index (χ4v) is 4.19. The van der Waals surface area contributed by atoms with Crippen molar-refractivity contribution in [3.63, 3.8) is 0 Å². The van der Waals surface area contributed by atoms with Crippen LogP contribution in [-0.4, -0.2) is 48.9 Å². The molecule has 0 unspecified atom stereocenters. The highest BCUT2D eigenvalue weighted by molar-refractivity contribution is 5.75. The number of carbonyl (C=O) groups excluding carboxylic acids is 2. The van der Waals surface area contributed by atoms with E-state index in [0.717, 1.165) is 32.4 Å². The van der Waals surface area contributed by atoms with Gasteiger partial charge in [0.2, 0.25) is 5.91 Å². The van der Waals surface area contributed by atoms with Gasteiger partial charge in [0.25, 0.3) is 0 Å². The second-order valence-electron chi connectivity index (χ2n) is 7.48. The lowest BCUT2D eigenvalue weighted by Crippen LogP contribution is -2.44. The summed E-state index contributed by atoms with van der Waals surface area (Å²) in [6.45, 7) is 5.34. The number of rotatable bonds is 1. The largest absolute Gasteiger partial charge is 0.343 e. The molecule has 130 valence electrons. The molecule has 24 heavy (non-hydrogen) atoms. The van der Waals surface area contributed by atoms with Gasteiger partial charge >= 0.3 is 6.03 Å². The second-order valence-corrected chi connectivity index (χ2v) is 7.48. The lowest BCUT2D eigenvalue weighted by molar-refractivity contribution is -0.130. The van der Waals surface area contributed by atoms with Gasteiger partial charge in [-0.15, -0.1) is 0 Å². The van der Waals surface area contributed by atoms with Gasteiger partial charge in [-0.2, -0.15) is 0 Å². The molecule has 5 heteroatoms. The molecule has 0 saturated carbocycles. The monoisotopic (exact) mass is 329 g/mol. The van der Waals surface area contributed by atoms with E-state index < -0.39 is 0 Å². The van der Waals surface area contributed by atoms with Crippen LogP contribution in [0.15, 0.2) is 18.2 Å². The van der Waals surface area contributed by atoms with E-state index in [2.05, 4.69) is 30.4 Å². The average molecular weight is 329 g/mol. The van der Waals surface area contributed by atoms with Crippen LogP contribution in [0.3, 0.4) is 0 Å². The number of nitrogens with one attached hydrogen (secondary N) is 1. The van der Waals surface area contributed by atoms with Gasteiger partial charge in [0, 0.05) is 39.5 Å². The van der Waals surface area contributed by atoms with E-state index in [4.69, 9.17) is 0 Å². The van der Waals surface area contributed by atoms with E-state index in [1.165, 1.54) is 16.7 Å². The topological polar surface area (TPSA) is 52.7 Å². The molecule has 1 aliphatic carbocycles. The van der Waals surface area contributed by atoms with Crippen molar-refractivity contribution in [1.82, 2.24) is 15.1 Å². The number of aryl methyl sites for hydroxylation is 1. The van der Waals surface area contributed by atoms with Crippen LogP contribution < -0.4 is 5.32 Å². The summed E-state index contributed by atoms with van der Waals surface area (Å²) in [7, 11) is 3.53. The minimum Gasteiger partial charge on any atom is -0.343 e. The van der Waals surface area contributed by atoms with Crippen LogP contribution in [0, 0.1) is 6.92 Å². The summed E-state index contributed by atoms with van der Waals surface area (Å²) < 4.78 is 0. The second kappa shape index (κ2) is 6.11. The minimum absolute atomic E-state index is 0.0503. The van der Waals surface area contributed by atoms with Gasteiger partial charge < -0.3 is 15.1 Å². The van der Waals surface area contributed by atoms with Crippen molar-refractivity contribution in [1.29, 1.82) is 0 Å². The Morgan fingerprint density at radius 3 is 2.50 bits per heavy atom. The number of carbonyl (C=O) groups is 2. The molecule has 3 rings (SSSR count). The molecule has 1 saturated heterocycles. The van der Waals surface area contributed by atoms with Crippen LogP contribution >= 0.6 is 0 Å². The number of hydrogen-bond acceptors (Lipinski definition) is 2. The molecule has 0 radical (unpaired) electrons. The smallest absolute Gasteiger partial charge is 0.317 e. The number of likely N-dealkylation sites (tertiary alicyclic amines) is 1. The van der Waals surface area contributed by atoms with Gasteiger partial charge in [-0.25, -0.2) is 4.79 Å². The van der Waals surface area contributed by atoms with Gasteiger partial charge in [-0.05, 0) is 37.3 Å². The lowest BCUT2D eigenvalue weighted by Gasteiger charge is -2.40. The van der Waals surface area contributed by atoms with E-state index >= 15 is 0 Å². The van der Waals surface area contributed by atoms with Crippen LogP contribution in [0.4, 0.5) is 4.79 Å². The quantitative estimate of drug-likeness (QED) is 0.861. The molecule has 1 N–H and O–H groups in total. The molecule has 3 amide bonds. The predicted octanol–water partition coefficient (Wildman–Crippen LogP) is 2.59. The maximum absolute atomic E-state index is 12.2. The number of hydrogen-bond donors (Lipinski definition) is 1. The first-order valence-corrected chi connectivity index (χ1v) is 8.67. The summed E-state index contributed by atoms with van der Waals surface area (Å²) in [5, 5.41) is 3.17. The molecule has 5 nitrogen and oxygen atoms in total. The Bertz CT molecular complexity index is 661. The molecule has 1 aromatic rings. The van der Waals surface area contributed by atoms with Crippen LogP contribution in [0.2, 0.25) is 0 Å². The van der Waals surface area contributed by atoms with Crippen molar-refractivity contribution in [2.45, 2.75) is 44.6 Å². The van der Waals surface area contributed by atoms with Crippen molar-refractivity contribution in [3.05, 3.63) is 34.9 Å². The maximum atomic E-state index is 12.2. The first kappa shape index (κ1) is 16.8. The van der Waals surface area contributed by atoms with Crippen LogP contribution in [-0.2, 0) is 10.2 Å². The Labute approximate surface area is 144 Å². The molecule has 1 aromatic carbocycles. The zero-order valence-electron chi connectivity index (χ0n) is 15.1. The third kappa shape index (κ3) is 2.87. The summed E-state index contributed by atoms with van der Waals surface area (Å²) in [5.41, 5.74) is 3.91. The maximum Gasteiger partial charge on any atom is 0.317 e. The van der Waals surface area contributed by atoms with E-state index in [-0.39, 0.29) is 23.4 Å².